The van der Waals surface area contributed by atoms with E-state index in [2.05, 4.69) is 20.8 Å². The van der Waals surface area contributed by atoms with Crippen LogP contribution in [0.4, 0.5) is 0 Å². The number of rotatable bonds is 12. The van der Waals surface area contributed by atoms with E-state index in [1.807, 2.05) is 60.7 Å². The fourth-order valence-electron chi connectivity index (χ4n) is 5.23. The van der Waals surface area contributed by atoms with Gasteiger partial charge in [0, 0.05) is 24.1 Å². The van der Waals surface area contributed by atoms with Crippen molar-refractivity contribution in [2.24, 2.45) is 7.05 Å². The average molecular weight is 657 g/mol. The van der Waals surface area contributed by atoms with Crippen LogP contribution in [0.1, 0.15) is 28.9 Å². The van der Waals surface area contributed by atoms with Gasteiger partial charge in [-0.15, -0.1) is 16.9 Å². The number of nitrogens with one attached hydrogen (secondary N) is 1. The molecule has 0 radical (unpaired) electrons. The molecule has 4 aromatic rings. The highest BCUT2D eigenvalue weighted by Crippen LogP contribution is 2.43. The van der Waals surface area contributed by atoms with E-state index >= 15 is 0 Å². The van der Waals surface area contributed by atoms with Crippen LogP contribution in [-0.2, 0) is 35.7 Å². The van der Waals surface area contributed by atoms with E-state index in [1.165, 1.54) is 33.1 Å². The molecule has 2 amide bonds. The number of β-lactam (4-membered cyclic amide) rings is 1. The predicted octanol–water partition coefficient (Wildman–Crippen LogP) is 3.20. The number of thioether (sulfide) groups is 2. The molecule has 14 heteroatoms. The van der Waals surface area contributed by atoms with Gasteiger partial charge in [-0.25, -0.2) is 9.48 Å². The summed E-state index contributed by atoms with van der Waals surface area (Å²) in [5, 5.41) is 14.3. The lowest BCUT2D eigenvalue weighted by molar-refractivity contribution is -0.156. The number of nitrogens with zero attached hydrogens (tertiary/aromatic N) is 5. The van der Waals surface area contributed by atoms with Crippen LogP contribution in [0.5, 0.6) is 0 Å². The highest BCUT2D eigenvalue weighted by Gasteiger charge is 2.55. The molecule has 1 saturated heterocycles. The second-order valence-corrected chi connectivity index (χ2v) is 12.4. The van der Waals surface area contributed by atoms with Gasteiger partial charge in [0.2, 0.25) is 11.3 Å². The lowest BCUT2D eigenvalue weighted by Gasteiger charge is -2.50. The van der Waals surface area contributed by atoms with Crippen LogP contribution in [0, 0.1) is 0 Å². The van der Waals surface area contributed by atoms with Crippen molar-refractivity contribution in [2.75, 3.05) is 11.5 Å². The third kappa shape index (κ3) is 6.39. The summed E-state index contributed by atoms with van der Waals surface area (Å²) in [4.78, 5) is 53.7. The van der Waals surface area contributed by atoms with Crippen LogP contribution < -0.4 is 5.32 Å². The van der Waals surface area contributed by atoms with Crippen LogP contribution in [0.3, 0.4) is 0 Å². The minimum atomic E-state index is -1.24. The summed E-state index contributed by atoms with van der Waals surface area (Å²) in [6.07, 6.45) is -1.97. The lowest BCUT2D eigenvalue weighted by atomic mass is 10.0. The summed E-state index contributed by atoms with van der Waals surface area (Å²) in [5.74, 6) is -1.08. The van der Waals surface area contributed by atoms with Crippen molar-refractivity contribution in [3.63, 3.8) is 0 Å². The van der Waals surface area contributed by atoms with Gasteiger partial charge in [-0.05, 0) is 27.1 Å². The molecule has 2 aliphatic rings. The SMILES string of the molecule is Cn1nnnc1SCC1=C(C(=O)OC(c2ccccc2)c2ccccc2)N2C(=O)C(NC(=O)C(OC=O)c3ccccc3)[C@H]2SC1. The molecule has 3 atom stereocenters. The van der Waals surface area contributed by atoms with Crippen molar-refractivity contribution in [2.45, 2.75) is 28.8 Å². The molecule has 1 fully saturated rings. The molecule has 3 heterocycles. The number of hydrogen-bond acceptors (Lipinski definition) is 11. The summed E-state index contributed by atoms with van der Waals surface area (Å²) in [6, 6.07) is 26.3. The molecule has 2 aliphatic heterocycles. The number of fused-ring (bicyclic) bond motifs is 1. The van der Waals surface area contributed by atoms with Crippen molar-refractivity contribution in [1.82, 2.24) is 30.4 Å². The van der Waals surface area contributed by atoms with E-state index in [4.69, 9.17) is 9.47 Å². The molecule has 0 saturated carbocycles. The Labute approximate surface area is 272 Å². The summed E-state index contributed by atoms with van der Waals surface area (Å²) < 4.78 is 12.8. The number of ether oxygens (including phenoxy) is 2. The lowest BCUT2D eigenvalue weighted by Crippen LogP contribution is -2.71. The number of tetrazole rings is 1. The standard InChI is InChI=1S/C32H28N6O6S2/c1-37-32(34-35-36-37)46-18-23-17-45-30-24(33-28(40)27(43-19-39)22-15-9-4-10-16-22)29(41)38(30)25(23)31(42)44-26(20-11-5-2-6-12-20)21-13-7-3-8-14-21/h2-16,19,24,26-27,30H,17-18H2,1H3,(H,33,40)/t24?,27?,30-/m1/s1. The molecule has 0 bridgehead atoms. The number of esters is 1. The first-order valence-electron chi connectivity index (χ1n) is 14.2. The summed E-state index contributed by atoms with van der Waals surface area (Å²) in [5.41, 5.74) is 2.80. The number of carbonyl (C=O) groups excluding carboxylic acids is 4. The second-order valence-electron chi connectivity index (χ2n) is 10.4. The van der Waals surface area contributed by atoms with Gasteiger partial charge in [0.25, 0.3) is 18.3 Å². The van der Waals surface area contributed by atoms with Crippen LogP contribution >= 0.6 is 23.5 Å². The average Bonchev–Trinajstić information content (AvgIpc) is 3.52. The zero-order valence-corrected chi connectivity index (χ0v) is 26.1. The Kier molecular flexibility index (Phi) is 9.45. The molecule has 2 unspecified atom stereocenters. The summed E-state index contributed by atoms with van der Waals surface area (Å²) >= 11 is 2.74. The van der Waals surface area contributed by atoms with Crippen LogP contribution in [0.25, 0.3) is 0 Å². The first kappa shape index (κ1) is 31.0. The number of aryl methyl sites for hydroxylation is 1. The maximum absolute atomic E-state index is 14.2. The largest absolute Gasteiger partial charge is 0.449 e. The Morgan fingerprint density at radius 3 is 2.17 bits per heavy atom. The normalized spacial score (nSPS) is 18.0. The monoisotopic (exact) mass is 656 g/mol. The highest BCUT2D eigenvalue weighted by molar-refractivity contribution is 8.01. The maximum Gasteiger partial charge on any atom is 0.356 e. The maximum atomic E-state index is 14.2. The van der Waals surface area contributed by atoms with Crippen LogP contribution in [0.15, 0.2) is 107 Å². The number of benzene rings is 3. The molecule has 0 spiro atoms. The number of amides is 2. The van der Waals surface area contributed by atoms with E-state index in [9.17, 15) is 19.2 Å². The minimum Gasteiger partial charge on any atom is -0.449 e. The molecule has 46 heavy (non-hydrogen) atoms. The second kappa shape index (κ2) is 14.0. The predicted molar refractivity (Wildman–Crippen MR) is 169 cm³/mol. The van der Waals surface area contributed by atoms with E-state index in [0.717, 1.165) is 11.1 Å². The number of hydrogen-bond donors (Lipinski definition) is 1. The fraction of sp³-hybridized carbons (Fsp3) is 0.219. The summed E-state index contributed by atoms with van der Waals surface area (Å²) in [6.45, 7) is 0.199. The van der Waals surface area contributed by atoms with Crippen molar-refractivity contribution in [3.8, 4) is 0 Å². The molecule has 3 aromatic carbocycles. The van der Waals surface area contributed by atoms with Crippen molar-refractivity contribution in [3.05, 3.63) is 119 Å². The van der Waals surface area contributed by atoms with Gasteiger partial charge < -0.3 is 14.8 Å². The van der Waals surface area contributed by atoms with Crippen molar-refractivity contribution < 1.29 is 28.7 Å². The molecule has 1 aromatic heterocycles. The van der Waals surface area contributed by atoms with Gasteiger partial charge >= 0.3 is 5.97 Å². The Balaban J connectivity index is 1.28. The Morgan fingerprint density at radius 1 is 1.00 bits per heavy atom. The van der Waals surface area contributed by atoms with E-state index in [-0.39, 0.29) is 12.2 Å². The fourth-order valence-corrected chi connectivity index (χ4v) is 7.56. The smallest absolute Gasteiger partial charge is 0.356 e. The van der Waals surface area contributed by atoms with Gasteiger partial charge in [-0.2, -0.15) is 0 Å². The Hall–Kier alpha value is -4.95. The van der Waals surface area contributed by atoms with Gasteiger partial charge in [-0.1, -0.05) is 103 Å². The Bertz CT molecular complexity index is 1710. The van der Waals surface area contributed by atoms with E-state index in [1.54, 1.807) is 37.4 Å². The zero-order valence-electron chi connectivity index (χ0n) is 24.5. The molecule has 234 valence electrons. The van der Waals surface area contributed by atoms with Crippen molar-refractivity contribution in [1.29, 1.82) is 0 Å². The van der Waals surface area contributed by atoms with Gasteiger partial charge in [0.15, 0.2) is 6.10 Å². The van der Waals surface area contributed by atoms with Gasteiger partial charge in [0.1, 0.15) is 17.1 Å². The third-order valence-electron chi connectivity index (χ3n) is 7.46. The first-order valence-corrected chi connectivity index (χ1v) is 16.3. The molecule has 12 nitrogen and oxygen atoms in total. The van der Waals surface area contributed by atoms with Crippen LogP contribution in [-0.4, -0.2) is 72.3 Å². The topological polar surface area (TPSA) is 146 Å². The third-order valence-corrected chi connectivity index (χ3v) is 9.89. The molecular weight excluding hydrogens is 629 g/mol. The minimum absolute atomic E-state index is 0.127. The summed E-state index contributed by atoms with van der Waals surface area (Å²) in [7, 11) is 1.71. The molecular formula is C32H28N6O6S2. The molecule has 0 aliphatic carbocycles. The zero-order chi connectivity index (χ0) is 32.0. The van der Waals surface area contributed by atoms with Crippen molar-refractivity contribution >= 4 is 47.8 Å². The number of carbonyl (C=O) groups is 4. The highest BCUT2D eigenvalue weighted by atomic mass is 32.2. The molecule has 1 N–H and O–H groups in total. The van der Waals surface area contributed by atoms with Gasteiger partial charge in [-0.3, -0.25) is 19.3 Å². The Morgan fingerprint density at radius 2 is 1.61 bits per heavy atom. The van der Waals surface area contributed by atoms with Crippen LogP contribution in [0.2, 0.25) is 0 Å². The molecule has 6 rings (SSSR count). The van der Waals surface area contributed by atoms with Gasteiger partial charge in [0.05, 0.1) is 0 Å². The van der Waals surface area contributed by atoms with E-state index < -0.39 is 41.4 Å². The quantitative estimate of drug-likeness (QED) is 0.104. The first-order chi connectivity index (χ1) is 22.5. The number of aromatic nitrogens is 4. The van der Waals surface area contributed by atoms with E-state index in [0.29, 0.717) is 27.8 Å².